The topological polar surface area (TPSA) is 72.7 Å². The van der Waals surface area contributed by atoms with Gasteiger partial charge in [-0.15, -0.1) is 0 Å². The van der Waals surface area contributed by atoms with Crippen LogP contribution in [0.5, 0.6) is 5.88 Å². The van der Waals surface area contributed by atoms with E-state index in [1.807, 2.05) is 19.2 Å². The number of anilines is 1. The van der Waals surface area contributed by atoms with Gasteiger partial charge in [-0.2, -0.15) is 0 Å². The van der Waals surface area contributed by atoms with Crippen LogP contribution in [0, 0.1) is 0 Å². The highest BCUT2D eigenvalue weighted by Gasteiger charge is 2.21. The molecule has 4 heterocycles. The van der Waals surface area contributed by atoms with E-state index in [0.29, 0.717) is 19.0 Å². The van der Waals surface area contributed by atoms with Crippen LogP contribution >= 0.6 is 0 Å². The normalized spacial score (nSPS) is 15.6. The summed E-state index contributed by atoms with van der Waals surface area (Å²) in [6.45, 7) is 6.36. The molecular weight excluding hydrogens is 378 g/mol. The Kier molecular flexibility index (Phi) is 5.11. The molecule has 7 heteroatoms. The van der Waals surface area contributed by atoms with Crippen molar-refractivity contribution in [2.75, 3.05) is 37.8 Å². The van der Waals surface area contributed by atoms with Gasteiger partial charge in [-0.05, 0) is 30.7 Å². The monoisotopic (exact) mass is 401 g/mol. The van der Waals surface area contributed by atoms with E-state index < -0.39 is 0 Å². The molecule has 1 fully saturated rings. The first kappa shape index (κ1) is 18.7. The Balaban J connectivity index is 1.50. The molecule has 0 spiro atoms. The lowest BCUT2D eigenvalue weighted by atomic mass is 9.97. The molecule has 152 valence electrons. The van der Waals surface area contributed by atoms with Crippen molar-refractivity contribution in [3.05, 3.63) is 65.6 Å². The fraction of sp³-hybridized carbons (Fsp3) is 0.304. The summed E-state index contributed by atoms with van der Waals surface area (Å²) in [7, 11) is 0. The van der Waals surface area contributed by atoms with Gasteiger partial charge in [0, 0.05) is 48.4 Å². The lowest BCUT2D eigenvalue weighted by Crippen LogP contribution is -2.36. The number of aliphatic imine (C=N–C) groups is 1. The van der Waals surface area contributed by atoms with E-state index in [1.54, 1.807) is 12.4 Å². The highest BCUT2D eigenvalue weighted by molar-refractivity contribution is 6.15. The van der Waals surface area contributed by atoms with Gasteiger partial charge >= 0.3 is 0 Å². The van der Waals surface area contributed by atoms with Crippen molar-refractivity contribution in [3.63, 3.8) is 0 Å². The average molecular weight is 401 g/mol. The molecule has 0 unspecified atom stereocenters. The van der Waals surface area contributed by atoms with Crippen LogP contribution in [-0.2, 0) is 11.3 Å². The fourth-order valence-corrected chi connectivity index (χ4v) is 3.87. The maximum absolute atomic E-state index is 5.68. The zero-order valence-electron chi connectivity index (χ0n) is 16.9. The van der Waals surface area contributed by atoms with Crippen molar-refractivity contribution < 1.29 is 9.47 Å². The summed E-state index contributed by atoms with van der Waals surface area (Å²) in [4.78, 5) is 20.5. The standard InChI is InChI=1S/C23H23N5O2/c1-2-30-23-22(25-7-8-26-23)16-3-4-18-15-27-21(19(18)13-16)17-5-6-24-20(14-17)28-9-11-29-12-10-28/h3-8,13-14H,2,9-12,15H2,1H3. The van der Waals surface area contributed by atoms with Gasteiger partial charge in [0.15, 0.2) is 0 Å². The fourth-order valence-electron chi connectivity index (χ4n) is 3.87. The molecule has 7 nitrogen and oxygen atoms in total. The second-order valence-corrected chi connectivity index (χ2v) is 7.18. The molecule has 0 atom stereocenters. The Hall–Kier alpha value is -3.32. The summed E-state index contributed by atoms with van der Waals surface area (Å²) < 4.78 is 11.1. The van der Waals surface area contributed by atoms with Crippen LogP contribution in [0.2, 0.25) is 0 Å². The third kappa shape index (κ3) is 3.52. The molecule has 5 rings (SSSR count). The summed E-state index contributed by atoms with van der Waals surface area (Å²) in [6, 6.07) is 10.5. The van der Waals surface area contributed by atoms with Crippen LogP contribution in [0.3, 0.4) is 0 Å². The van der Waals surface area contributed by atoms with Crippen LogP contribution in [0.1, 0.15) is 23.6 Å². The first-order chi connectivity index (χ1) is 14.8. The second-order valence-electron chi connectivity index (χ2n) is 7.18. The predicted molar refractivity (Wildman–Crippen MR) is 115 cm³/mol. The summed E-state index contributed by atoms with van der Waals surface area (Å²) >= 11 is 0. The quantitative estimate of drug-likeness (QED) is 0.654. The Morgan fingerprint density at radius 2 is 1.83 bits per heavy atom. The van der Waals surface area contributed by atoms with E-state index in [0.717, 1.165) is 60.2 Å². The predicted octanol–water partition coefficient (Wildman–Crippen LogP) is 3.12. The molecule has 0 saturated carbocycles. The van der Waals surface area contributed by atoms with E-state index >= 15 is 0 Å². The largest absolute Gasteiger partial charge is 0.476 e. The van der Waals surface area contributed by atoms with Gasteiger partial charge in [0.1, 0.15) is 11.5 Å². The Labute approximate surface area is 175 Å². The van der Waals surface area contributed by atoms with Crippen molar-refractivity contribution in [1.82, 2.24) is 15.0 Å². The van der Waals surface area contributed by atoms with Gasteiger partial charge in [-0.3, -0.25) is 4.99 Å². The van der Waals surface area contributed by atoms with Crippen molar-refractivity contribution in [1.29, 1.82) is 0 Å². The molecule has 0 aliphatic carbocycles. The van der Waals surface area contributed by atoms with Gasteiger partial charge < -0.3 is 14.4 Å². The van der Waals surface area contributed by atoms with E-state index in [2.05, 4.69) is 44.1 Å². The summed E-state index contributed by atoms with van der Waals surface area (Å²) in [5.41, 5.74) is 6.12. The van der Waals surface area contributed by atoms with Gasteiger partial charge in [0.25, 0.3) is 0 Å². The molecule has 3 aromatic rings. The Morgan fingerprint density at radius 3 is 2.70 bits per heavy atom. The smallest absolute Gasteiger partial charge is 0.240 e. The number of benzene rings is 1. The maximum atomic E-state index is 5.68. The zero-order chi connectivity index (χ0) is 20.3. The van der Waals surface area contributed by atoms with Crippen LogP contribution in [-0.4, -0.2) is 53.6 Å². The molecule has 30 heavy (non-hydrogen) atoms. The number of morpholine rings is 1. The second kappa shape index (κ2) is 8.20. The van der Waals surface area contributed by atoms with Crippen molar-refractivity contribution in [2.45, 2.75) is 13.5 Å². The van der Waals surface area contributed by atoms with Gasteiger partial charge in [-0.1, -0.05) is 12.1 Å². The number of rotatable bonds is 5. The third-order valence-electron chi connectivity index (χ3n) is 5.35. The van der Waals surface area contributed by atoms with Crippen molar-refractivity contribution in [2.24, 2.45) is 4.99 Å². The number of nitrogens with zero attached hydrogens (tertiary/aromatic N) is 5. The van der Waals surface area contributed by atoms with Crippen LogP contribution in [0.15, 0.2) is 53.9 Å². The molecule has 2 aliphatic heterocycles. The van der Waals surface area contributed by atoms with Crippen molar-refractivity contribution >= 4 is 11.5 Å². The molecular formula is C23H23N5O2. The molecule has 0 N–H and O–H groups in total. The minimum Gasteiger partial charge on any atom is -0.476 e. The van der Waals surface area contributed by atoms with Gasteiger partial charge in [-0.25, -0.2) is 15.0 Å². The minimum absolute atomic E-state index is 0.546. The first-order valence-corrected chi connectivity index (χ1v) is 10.2. The highest BCUT2D eigenvalue weighted by Crippen LogP contribution is 2.31. The van der Waals surface area contributed by atoms with E-state index in [1.165, 1.54) is 5.56 Å². The number of fused-ring (bicyclic) bond motifs is 1. The molecule has 0 bridgehead atoms. The SMILES string of the molecule is CCOc1nccnc1-c1ccc2c(c1)C(c1ccnc(N3CCOCC3)c1)=NC2. The van der Waals surface area contributed by atoms with Crippen molar-refractivity contribution in [3.8, 4) is 17.1 Å². The molecule has 0 amide bonds. The lowest BCUT2D eigenvalue weighted by molar-refractivity contribution is 0.122. The molecule has 2 aromatic heterocycles. The summed E-state index contributed by atoms with van der Waals surface area (Å²) in [5, 5.41) is 0. The zero-order valence-corrected chi connectivity index (χ0v) is 16.9. The van der Waals surface area contributed by atoms with Crippen LogP contribution < -0.4 is 9.64 Å². The van der Waals surface area contributed by atoms with E-state index in [-0.39, 0.29) is 0 Å². The first-order valence-electron chi connectivity index (χ1n) is 10.2. The Bertz CT molecular complexity index is 1090. The minimum atomic E-state index is 0.546. The molecule has 1 saturated heterocycles. The number of hydrogen-bond donors (Lipinski definition) is 0. The third-order valence-corrected chi connectivity index (χ3v) is 5.35. The number of hydrogen-bond acceptors (Lipinski definition) is 7. The molecule has 0 radical (unpaired) electrons. The number of aromatic nitrogens is 3. The number of ether oxygens (including phenoxy) is 2. The van der Waals surface area contributed by atoms with Crippen LogP contribution in [0.4, 0.5) is 5.82 Å². The van der Waals surface area contributed by atoms with Gasteiger partial charge in [0.05, 0.1) is 32.1 Å². The van der Waals surface area contributed by atoms with Gasteiger partial charge in [0.2, 0.25) is 5.88 Å². The summed E-state index contributed by atoms with van der Waals surface area (Å²) in [5.74, 6) is 1.52. The van der Waals surface area contributed by atoms with Crippen LogP contribution in [0.25, 0.3) is 11.3 Å². The Morgan fingerprint density at radius 1 is 0.967 bits per heavy atom. The number of pyridine rings is 1. The van der Waals surface area contributed by atoms with E-state index in [9.17, 15) is 0 Å². The van der Waals surface area contributed by atoms with E-state index in [4.69, 9.17) is 14.5 Å². The lowest BCUT2D eigenvalue weighted by Gasteiger charge is -2.28. The highest BCUT2D eigenvalue weighted by atomic mass is 16.5. The average Bonchev–Trinajstić information content (AvgIpc) is 3.24. The summed E-state index contributed by atoms with van der Waals surface area (Å²) in [6.07, 6.45) is 5.21. The maximum Gasteiger partial charge on any atom is 0.240 e. The molecule has 1 aromatic carbocycles. The molecule has 2 aliphatic rings.